The van der Waals surface area contributed by atoms with Crippen LogP contribution < -0.4 is 4.74 Å². The summed E-state index contributed by atoms with van der Waals surface area (Å²) in [6, 6.07) is 8.24. The van der Waals surface area contributed by atoms with Gasteiger partial charge in [0.15, 0.2) is 6.61 Å². The van der Waals surface area contributed by atoms with Gasteiger partial charge >= 0.3 is 5.97 Å². The Morgan fingerprint density at radius 2 is 2.11 bits per heavy atom. The van der Waals surface area contributed by atoms with Crippen molar-refractivity contribution in [1.82, 2.24) is 4.90 Å². The quantitative estimate of drug-likeness (QED) is 0.883. The number of rotatable bonds is 4. The zero-order chi connectivity index (χ0) is 13.0. The predicted octanol–water partition coefficient (Wildman–Crippen LogP) is 1.05. The van der Waals surface area contributed by atoms with Gasteiger partial charge in [0.25, 0.3) is 5.91 Å². The molecular formula is C12H13NO4S. The molecule has 0 radical (unpaired) electrons. The Labute approximate surface area is 109 Å². The number of benzene rings is 1. The molecule has 0 bridgehead atoms. The lowest BCUT2D eigenvalue weighted by Crippen LogP contribution is -2.43. The SMILES string of the molecule is O=C(O)[C@@H]1CSCN1C(=O)COc1ccccc1. The number of amides is 1. The number of thioether (sulfide) groups is 1. The highest BCUT2D eigenvalue weighted by Crippen LogP contribution is 2.21. The van der Waals surface area contributed by atoms with Crippen LogP contribution >= 0.6 is 11.8 Å². The van der Waals surface area contributed by atoms with E-state index in [4.69, 9.17) is 9.84 Å². The number of carboxylic acids is 1. The molecule has 1 aliphatic rings. The molecule has 1 N–H and O–H groups in total. The molecule has 18 heavy (non-hydrogen) atoms. The Bertz CT molecular complexity index is 437. The lowest BCUT2D eigenvalue weighted by molar-refractivity contribution is -0.148. The standard InChI is InChI=1S/C12H13NO4S/c14-11(6-17-9-4-2-1-3-5-9)13-8-18-7-10(13)12(15)16/h1-5,10H,6-8H2,(H,15,16)/t10-/m0/s1. The van der Waals surface area contributed by atoms with Crippen LogP contribution in [0.5, 0.6) is 5.75 Å². The molecule has 6 heteroatoms. The predicted molar refractivity (Wildman–Crippen MR) is 67.5 cm³/mol. The van der Waals surface area contributed by atoms with Crippen LogP contribution in [0.15, 0.2) is 30.3 Å². The van der Waals surface area contributed by atoms with E-state index in [-0.39, 0.29) is 12.5 Å². The topological polar surface area (TPSA) is 66.8 Å². The molecule has 2 rings (SSSR count). The average Bonchev–Trinajstić information content (AvgIpc) is 2.86. The van der Waals surface area contributed by atoms with Crippen molar-refractivity contribution in [2.24, 2.45) is 0 Å². The molecule has 1 aromatic carbocycles. The fourth-order valence-electron chi connectivity index (χ4n) is 1.64. The van der Waals surface area contributed by atoms with Gasteiger partial charge in [0, 0.05) is 5.75 Å². The summed E-state index contributed by atoms with van der Waals surface area (Å²) in [5.41, 5.74) is 0. The number of hydrogen-bond donors (Lipinski definition) is 1. The van der Waals surface area contributed by atoms with Gasteiger partial charge in [-0.1, -0.05) is 18.2 Å². The minimum atomic E-state index is -0.965. The van der Waals surface area contributed by atoms with Gasteiger partial charge in [0.1, 0.15) is 11.8 Å². The molecule has 1 amide bonds. The molecular weight excluding hydrogens is 254 g/mol. The summed E-state index contributed by atoms with van der Waals surface area (Å²) in [4.78, 5) is 24.1. The summed E-state index contributed by atoms with van der Waals surface area (Å²) in [5, 5.41) is 8.97. The Kier molecular flexibility index (Phi) is 4.09. The van der Waals surface area contributed by atoms with Crippen molar-refractivity contribution in [3.05, 3.63) is 30.3 Å². The molecule has 0 unspecified atom stereocenters. The van der Waals surface area contributed by atoms with E-state index >= 15 is 0 Å². The Morgan fingerprint density at radius 3 is 2.78 bits per heavy atom. The number of ether oxygens (including phenoxy) is 1. The van der Waals surface area contributed by atoms with Crippen molar-refractivity contribution < 1.29 is 19.4 Å². The van der Waals surface area contributed by atoms with Crippen LogP contribution in [0, 0.1) is 0 Å². The molecule has 1 heterocycles. The first-order valence-corrected chi connectivity index (χ1v) is 6.62. The van der Waals surface area contributed by atoms with Gasteiger partial charge in [-0.25, -0.2) is 4.79 Å². The lowest BCUT2D eigenvalue weighted by Gasteiger charge is -2.20. The van der Waals surface area contributed by atoms with Gasteiger partial charge in [-0.2, -0.15) is 0 Å². The van der Waals surface area contributed by atoms with E-state index < -0.39 is 12.0 Å². The summed E-state index contributed by atoms with van der Waals surface area (Å²) in [7, 11) is 0. The second-order valence-electron chi connectivity index (χ2n) is 3.82. The third kappa shape index (κ3) is 2.95. The van der Waals surface area contributed by atoms with Crippen molar-refractivity contribution in [3.8, 4) is 5.75 Å². The van der Waals surface area contributed by atoms with Crippen LogP contribution in [-0.2, 0) is 9.59 Å². The lowest BCUT2D eigenvalue weighted by atomic mass is 10.3. The van der Waals surface area contributed by atoms with Crippen molar-refractivity contribution in [2.45, 2.75) is 6.04 Å². The third-order valence-electron chi connectivity index (χ3n) is 2.59. The zero-order valence-corrected chi connectivity index (χ0v) is 10.4. The number of hydrogen-bond acceptors (Lipinski definition) is 4. The van der Waals surface area contributed by atoms with E-state index in [1.54, 1.807) is 12.1 Å². The first-order chi connectivity index (χ1) is 8.68. The molecule has 5 nitrogen and oxygen atoms in total. The third-order valence-corrected chi connectivity index (χ3v) is 3.61. The molecule has 0 spiro atoms. The van der Waals surface area contributed by atoms with Gasteiger partial charge in [0.2, 0.25) is 0 Å². The number of carbonyl (C=O) groups is 2. The van der Waals surface area contributed by atoms with E-state index in [2.05, 4.69) is 0 Å². The fraction of sp³-hybridized carbons (Fsp3) is 0.333. The fourth-order valence-corrected chi connectivity index (χ4v) is 2.81. The first kappa shape index (κ1) is 12.8. The number of carboxylic acid groups (broad SMARTS) is 1. The Balaban J connectivity index is 1.90. The van der Waals surface area contributed by atoms with Crippen molar-refractivity contribution >= 4 is 23.6 Å². The Hall–Kier alpha value is -1.69. The highest BCUT2D eigenvalue weighted by atomic mass is 32.2. The van der Waals surface area contributed by atoms with Crippen LogP contribution in [0.4, 0.5) is 0 Å². The van der Waals surface area contributed by atoms with Crippen LogP contribution in [0.3, 0.4) is 0 Å². The summed E-state index contributed by atoms with van der Waals surface area (Å²) in [6.07, 6.45) is 0. The maximum Gasteiger partial charge on any atom is 0.327 e. The minimum Gasteiger partial charge on any atom is -0.484 e. The smallest absolute Gasteiger partial charge is 0.327 e. The normalized spacial score (nSPS) is 18.7. The van der Waals surface area contributed by atoms with Crippen molar-refractivity contribution in [3.63, 3.8) is 0 Å². The molecule has 96 valence electrons. The minimum absolute atomic E-state index is 0.131. The maximum absolute atomic E-state index is 11.9. The van der Waals surface area contributed by atoms with Crippen LogP contribution in [-0.4, -0.2) is 46.2 Å². The molecule has 0 saturated carbocycles. The van der Waals surface area contributed by atoms with Crippen LogP contribution in [0.25, 0.3) is 0 Å². The zero-order valence-electron chi connectivity index (χ0n) is 9.61. The van der Waals surface area contributed by atoms with E-state index in [0.717, 1.165) is 0 Å². The molecule has 1 fully saturated rings. The van der Waals surface area contributed by atoms with Gasteiger partial charge in [0.05, 0.1) is 5.88 Å². The van der Waals surface area contributed by atoms with E-state index in [1.807, 2.05) is 18.2 Å². The van der Waals surface area contributed by atoms with Crippen molar-refractivity contribution in [2.75, 3.05) is 18.2 Å². The molecule has 1 saturated heterocycles. The number of nitrogens with zero attached hydrogens (tertiary/aromatic N) is 1. The highest BCUT2D eigenvalue weighted by molar-refractivity contribution is 7.99. The van der Waals surface area contributed by atoms with Gasteiger partial charge in [-0.05, 0) is 12.1 Å². The largest absolute Gasteiger partial charge is 0.484 e. The maximum atomic E-state index is 11.9. The number of para-hydroxylation sites is 1. The van der Waals surface area contributed by atoms with E-state index in [1.165, 1.54) is 16.7 Å². The summed E-state index contributed by atoms with van der Waals surface area (Å²) in [5.74, 6) is 0.189. The molecule has 1 aliphatic heterocycles. The molecule has 0 aliphatic carbocycles. The number of carbonyl (C=O) groups excluding carboxylic acids is 1. The second-order valence-corrected chi connectivity index (χ2v) is 4.82. The molecule has 1 aromatic rings. The van der Waals surface area contributed by atoms with Gasteiger partial charge in [-0.3, -0.25) is 4.79 Å². The summed E-state index contributed by atoms with van der Waals surface area (Å²) in [6.45, 7) is -0.131. The second kappa shape index (κ2) is 5.77. The number of aliphatic carboxylic acids is 1. The summed E-state index contributed by atoms with van der Waals surface area (Å²) < 4.78 is 5.31. The highest BCUT2D eigenvalue weighted by Gasteiger charge is 2.34. The molecule has 1 atom stereocenters. The van der Waals surface area contributed by atoms with E-state index in [9.17, 15) is 9.59 Å². The first-order valence-electron chi connectivity index (χ1n) is 5.46. The van der Waals surface area contributed by atoms with Crippen molar-refractivity contribution in [1.29, 1.82) is 0 Å². The van der Waals surface area contributed by atoms with Crippen LogP contribution in [0.2, 0.25) is 0 Å². The summed E-state index contributed by atoms with van der Waals surface area (Å²) >= 11 is 1.44. The van der Waals surface area contributed by atoms with Gasteiger partial charge < -0.3 is 14.7 Å². The molecule has 0 aromatic heterocycles. The Morgan fingerprint density at radius 1 is 1.39 bits per heavy atom. The average molecular weight is 267 g/mol. The van der Waals surface area contributed by atoms with Gasteiger partial charge in [-0.15, -0.1) is 11.8 Å². The monoisotopic (exact) mass is 267 g/mol. The van der Waals surface area contributed by atoms with E-state index in [0.29, 0.717) is 17.4 Å². The van der Waals surface area contributed by atoms with Crippen LogP contribution in [0.1, 0.15) is 0 Å².